The van der Waals surface area contributed by atoms with Gasteiger partial charge >= 0.3 is 0 Å². The summed E-state index contributed by atoms with van der Waals surface area (Å²) in [5.74, 6) is 2.80. The van der Waals surface area contributed by atoms with Crippen LogP contribution in [0.2, 0.25) is 0 Å². The zero-order valence-corrected chi connectivity index (χ0v) is 13.3. The topological polar surface area (TPSA) is 108 Å². The summed E-state index contributed by atoms with van der Waals surface area (Å²) in [4.78, 5) is 13.2. The van der Waals surface area contributed by atoms with Gasteiger partial charge in [-0.15, -0.1) is 0 Å². The Morgan fingerprint density at radius 2 is 1.91 bits per heavy atom. The van der Waals surface area contributed by atoms with Crippen LogP contribution >= 0.6 is 0 Å². The maximum Gasteiger partial charge on any atom is 0.224 e. The normalized spacial score (nSPS) is 16.7. The highest BCUT2D eigenvalue weighted by atomic mass is 15.2. The van der Waals surface area contributed by atoms with Gasteiger partial charge in [0.25, 0.3) is 0 Å². The van der Waals surface area contributed by atoms with Gasteiger partial charge in [-0.3, -0.25) is 0 Å². The van der Waals surface area contributed by atoms with Gasteiger partial charge < -0.3 is 21.4 Å². The highest BCUT2D eigenvalue weighted by molar-refractivity contribution is 5.83. The minimum absolute atomic E-state index is 0.211. The molecule has 7 heteroatoms. The fourth-order valence-corrected chi connectivity index (χ4v) is 3.14. The summed E-state index contributed by atoms with van der Waals surface area (Å²) < 4.78 is 2.18. The van der Waals surface area contributed by atoms with Gasteiger partial charge in [-0.25, -0.2) is 4.98 Å². The quantitative estimate of drug-likeness (QED) is 0.783. The van der Waals surface area contributed by atoms with Gasteiger partial charge in [0.05, 0.1) is 0 Å². The van der Waals surface area contributed by atoms with Gasteiger partial charge in [0.1, 0.15) is 5.82 Å². The molecule has 0 bridgehead atoms. The Bertz CT molecular complexity index is 655. The number of anilines is 2. The van der Waals surface area contributed by atoms with Gasteiger partial charge in [-0.1, -0.05) is 13.8 Å². The molecule has 1 aliphatic rings. The summed E-state index contributed by atoms with van der Waals surface area (Å²) in [6.07, 6.45) is 3.34. The zero-order chi connectivity index (χ0) is 15.7. The number of nitrogens with two attached hydrogens (primary N) is 2. The molecule has 1 aliphatic heterocycles. The predicted octanol–water partition coefficient (Wildman–Crippen LogP) is 1.19. The van der Waals surface area contributed by atoms with Crippen LogP contribution in [0.1, 0.15) is 32.5 Å². The molecule has 1 saturated heterocycles. The summed E-state index contributed by atoms with van der Waals surface area (Å²) in [5.41, 5.74) is 13.2. The molecule has 0 spiro atoms. The van der Waals surface area contributed by atoms with Gasteiger partial charge in [0, 0.05) is 13.0 Å². The monoisotopic (exact) mass is 303 g/mol. The number of hydrogen-bond donors (Lipinski definition) is 3. The fourth-order valence-electron chi connectivity index (χ4n) is 3.14. The second kappa shape index (κ2) is 6.08. The Morgan fingerprint density at radius 3 is 2.59 bits per heavy atom. The van der Waals surface area contributed by atoms with Crippen molar-refractivity contribution < 1.29 is 0 Å². The average molecular weight is 303 g/mol. The Kier molecular flexibility index (Phi) is 4.15. The first kappa shape index (κ1) is 15.0. The van der Waals surface area contributed by atoms with E-state index in [1.165, 1.54) is 12.8 Å². The van der Waals surface area contributed by atoms with E-state index in [-0.39, 0.29) is 5.95 Å². The molecule has 0 aromatic carbocycles. The lowest BCUT2D eigenvalue weighted by atomic mass is 9.94. The van der Waals surface area contributed by atoms with E-state index in [4.69, 9.17) is 16.5 Å². The molecule has 0 aliphatic carbocycles. The average Bonchev–Trinajstić information content (AvgIpc) is 2.78. The number of nitrogens with zero attached hydrogens (tertiary/aromatic N) is 4. The molecule has 2 aromatic heterocycles. The Morgan fingerprint density at radius 1 is 1.18 bits per heavy atom. The maximum absolute atomic E-state index is 5.99. The number of imidazole rings is 1. The lowest BCUT2D eigenvalue weighted by Gasteiger charge is -2.22. The van der Waals surface area contributed by atoms with Crippen molar-refractivity contribution in [2.75, 3.05) is 24.6 Å². The summed E-state index contributed by atoms with van der Waals surface area (Å²) in [6, 6.07) is 0. The third-order valence-corrected chi connectivity index (χ3v) is 4.20. The van der Waals surface area contributed by atoms with Crippen molar-refractivity contribution >= 4 is 22.9 Å². The van der Waals surface area contributed by atoms with Crippen molar-refractivity contribution in [1.82, 2.24) is 24.8 Å². The van der Waals surface area contributed by atoms with Gasteiger partial charge in [0.2, 0.25) is 5.95 Å². The van der Waals surface area contributed by atoms with E-state index in [0.717, 1.165) is 37.5 Å². The molecule has 0 amide bonds. The molecule has 120 valence electrons. The first-order valence-electron chi connectivity index (χ1n) is 8.03. The van der Waals surface area contributed by atoms with Crippen molar-refractivity contribution in [3.8, 4) is 0 Å². The van der Waals surface area contributed by atoms with Crippen molar-refractivity contribution in [3.63, 3.8) is 0 Å². The molecule has 5 N–H and O–H groups in total. The fraction of sp³-hybridized carbons (Fsp3) is 0.667. The molecule has 0 unspecified atom stereocenters. The largest absolute Gasteiger partial charge is 0.382 e. The lowest BCUT2D eigenvalue weighted by molar-refractivity contribution is 0.360. The van der Waals surface area contributed by atoms with E-state index >= 15 is 0 Å². The van der Waals surface area contributed by atoms with E-state index in [9.17, 15) is 0 Å². The second-order valence-electron chi connectivity index (χ2n) is 6.57. The minimum atomic E-state index is 0.211. The minimum Gasteiger partial charge on any atom is -0.382 e. The van der Waals surface area contributed by atoms with Crippen molar-refractivity contribution in [2.45, 2.75) is 39.7 Å². The van der Waals surface area contributed by atoms with Crippen LogP contribution in [-0.4, -0.2) is 32.6 Å². The maximum atomic E-state index is 5.99. The summed E-state index contributed by atoms with van der Waals surface area (Å²) in [7, 11) is 0. The Labute approximate surface area is 130 Å². The Balaban J connectivity index is 2.01. The third-order valence-electron chi connectivity index (χ3n) is 4.20. The van der Waals surface area contributed by atoms with Gasteiger partial charge in [-0.05, 0) is 37.8 Å². The van der Waals surface area contributed by atoms with Crippen molar-refractivity contribution in [1.29, 1.82) is 0 Å². The molecule has 0 saturated carbocycles. The summed E-state index contributed by atoms with van der Waals surface area (Å²) in [6.45, 7) is 7.42. The highest BCUT2D eigenvalue weighted by Gasteiger charge is 2.21. The molecular formula is C15H25N7. The molecule has 3 rings (SSSR count). The van der Waals surface area contributed by atoms with E-state index < -0.39 is 0 Å². The first-order valence-corrected chi connectivity index (χ1v) is 8.03. The molecule has 7 nitrogen and oxygen atoms in total. The number of aromatic nitrogens is 4. The van der Waals surface area contributed by atoms with E-state index in [1.807, 2.05) is 0 Å². The number of fused-ring (bicyclic) bond motifs is 1. The van der Waals surface area contributed by atoms with Crippen molar-refractivity contribution in [2.24, 2.45) is 11.8 Å². The predicted molar refractivity (Wildman–Crippen MR) is 88.3 cm³/mol. The third kappa shape index (κ3) is 2.99. The van der Waals surface area contributed by atoms with Crippen LogP contribution in [0.4, 0.5) is 11.8 Å². The van der Waals surface area contributed by atoms with Crippen LogP contribution in [0.25, 0.3) is 11.2 Å². The van der Waals surface area contributed by atoms with Crippen LogP contribution in [0.5, 0.6) is 0 Å². The molecule has 3 heterocycles. The Hall–Kier alpha value is -1.89. The van der Waals surface area contributed by atoms with Crippen LogP contribution in [0.3, 0.4) is 0 Å². The summed E-state index contributed by atoms with van der Waals surface area (Å²) in [5, 5.41) is 3.40. The van der Waals surface area contributed by atoms with E-state index in [1.54, 1.807) is 0 Å². The highest BCUT2D eigenvalue weighted by Crippen LogP contribution is 2.25. The molecule has 0 radical (unpaired) electrons. The van der Waals surface area contributed by atoms with Crippen molar-refractivity contribution in [3.05, 3.63) is 5.82 Å². The van der Waals surface area contributed by atoms with E-state index in [2.05, 4.69) is 33.7 Å². The SMILES string of the molecule is CC(C)Cn1c(CC2CCNCC2)nc2c(N)nc(N)nc21. The number of nitrogen functional groups attached to an aromatic ring is 2. The molecule has 22 heavy (non-hydrogen) atoms. The van der Waals surface area contributed by atoms with Crippen LogP contribution in [-0.2, 0) is 13.0 Å². The first-order chi connectivity index (χ1) is 10.5. The smallest absolute Gasteiger partial charge is 0.224 e. The van der Waals surface area contributed by atoms with Gasteiger partial charge in [0.15, 0.2) is 17.0 Å². The number of rotatable bonds is 4. The number of nitrogens with one attached hydrogen (secondary N) is 1. The lowest BCUT2D eigenvalue weighted by Crippen LogP contribution is -2.29. The van der Waals surface area contributed by atoms with Crippen LogP contribution in [0, 0.1) is 11.8 Å². The van der Waals surface area contributed by atoms with Crippen LogP contribution < -0.4 is 16.8 Å². The molecule has 2 aromatic rings. The number of hydrogen-bond acceptors (Lipinski definition) is 6. The standard InChI is InChI=1S/C15H25N7/c1-9(2)8-22-11(7-10-3-5-18-6-4-10)19-12-13(16)20-15(17)21-14(12)22/h9-10,18H,3-8H2,1-2H3,(H4,16,17,20,21). The zero-order valence-electron chi connectivity index (χ0n) is 13.3. The van der Waals surface area contributed by atoms with Gasteiger partial charge in [-0.2, -0.15) is 9.97 Å². The number of piperidine rings is 1. The van der Waals surface area contributed by atoms with Crippen LogP contribution in [0.15, 0.2) is 0 Å². The second-order valence-corrected chi connectivity index (χ2v) is 6.57. The molecule has 1 fully saturated rings. The molecule has 0 atom stereocenters. The summed E-state index contributed by atoms with van der Waals surface area (Å²) >= 11 is 0. The van der Waals surface area contributed by atoms with E-state index in [0.29, 0.717) is 23.2 Å². The molecular weight excluding hydrogens is 278 g/mol.